The first-order chi connectivity index (χ1) is 14.0. The summed E-state index contributed by atoms with van der Waals surface area (Å²) in [6.07, 6.45) is 1.19. The number of aliphatic hydroxyl groups excluding tert-OH is 2. The average Bonchev–Trinajstić information content (AvgIpc) is 2.75. The highest BCUT2D eigenvalue weighted by molar-refractivity contribution is 5.43. The Labute approximate surface area is 171 Å². The van der Waals surface area contributed by atoms with Crippen molar-refractivity contribution in [3.05, 3.63) is 53.6 Å². The van der Waals surface area contributed by atoms with Crippen molar-refractivity contribution in [2.45, 2.75) is 37.1 Å². The van der Waals surface area contributed by atoms with Crippen molar-refractivity contribution in [3.8, 4) is 17.2 Å². The van der Waals surface area contributed by atoms with E-state index in [-0.39, 0.29) is 5.60 Å². The molecule has 0 amide bonds. The maximum Gasteiger partial charge on any atom is 0.161 e. The van der Waals surface area contributed by atoms with Gasteiger partial charge in [0.15, 0.2) is 11.5 Å². The number of ether oxygens (including phenoxy) is 3. The molecule has 1 saturated heterocycles. The average molecular weight is 399 g/mol. The van der Waals surface area contributed by atoms with Crippen molar-refractivity contribution < 1.29 is 24.4 Å². The van der Waals surface area contributed by atoms with E-state index in [1.54, 1.807) is 14.2 Å². The van der Waals surface area contributed by atoms with Crippen LogP contribution in [0.25, 0.3) is 0 Å². The van der Waals surface area contributed by atoms with Gasteiger partial charge in [0.1, 0.15) is 11.4 Å². The van der Waals surface area contributed by atoms with Crippen LogP contribution in [0.3, 0.4) is 0 Å². The molecule has 1 fully saturated rings. The van der Waals surface area contributed by atoms with Crippen LogP contribution in [0.4, 0.5) is 0 Å². The lowest BCUT2D eigenvalue weighted by atomic mass is 9.81. The minimum Gasteiger partial charge on any atom is -0.493 e. The molecule has 0 aromatic heterocycles. The van der Waals surface area contributed by atoms with Gasteiger partial charge in [0.05, 0.1) is 26.4 Å². The predicted molar refractivity (Wildman–Crippen MR) is 110 cm³/mol. The van der Waals surface area contributed by atoms with Gasteiger partial charge in [-0.2, -0.15) is 0 Å². The topological polar surface area (TPSA) is 71.4 Å². The van der Waals surface area contributed by atoms with Crippen LogP contribution in [-0.4, -0.2) is 54.6 Å². The molecule has 1 spiro atoms. The summed E-state index contributed by atoms with van der Waals surface area (Å²) in [5.41, 5.74) is 1.36. The molecule has 6 heteroatoms. The molecular weight excluding hydrogens is 370 g/mol. The number of methoxy groups -OCH3 is 2. The minimum atomic E-state index is -0.609. The molecule has 2 heterocycles. The SMILES string of the molecule is COc1ccc([C@H](O)CN2CCC3(CC2)C[C@H](O)c2ccccc2O3)cc1OC. The van der Waals surface area contributed by atoms with Gasteiger partial charge in [0.25, 0.3) is 0 Å². The van der Waals surface area contributed by atoms with Crippen molar-refractivity contribution in [2.75, 3.05) is 33.9 Å². The highest BCUT2D eigenvalue weighted by Crippen LogP contribution is 2.44. The number of piperidine rings is 1. The van der Waals surface area contributed by atoms with Crippen LogP contribution in [0, 0.1) is 0 Å². The maximum atomic E-state index is 10.7. The second-order valence-electron chi connectivity index (χ2n) is 7.97. The largest absolute Gasteiger partial charge is 0.493 e. The molecular formula is C23H29NO5. The molecule has 6 nitrogen and oxygen atoms in total. The first kappa shape index (κ1) is 20.0. The Balaban J connectivity index is 1.38. The number of likely N-dealkylation sites (tertiary alicyclic amines) is 1. The molecule has 0 unspecified atom stereocenters. The summed E-state index contributed by atoms with van der Waals surface area (Å²) in [5, 5.41) is 21.3. The summed E-state index contributed by atoms with van der Waals surface area (Å²) in [4.78, 5) is 2.25. The van der Waals surface area contributed by atoms with Crippen LogP contribution in [0.1, 0.15) is 42.6 Å². The summed E-state index contributed by atoms with van der Waals surface area (Å²) >= 11 is 0. The summed E-state index contributed by atoms with van der Waals surface area (Å²) in [5.74, 6) is 2.06. The fourth-order valence-corrected chi connectivity index (χ4v) is 4.45. The van der Waals surface area contributed by atoms with Crippen LogP contribution in [0.2, 0.25) is 0 Å². The quantitative estimate of drug-likeness (QED) is 0.805. The van der Waals surface area contributed by atoms with Gasteiger partial charge in [-0.25, -0.2) is 0 Å². The molecule has 0 saturated carbocycles. The fraction of sp³-hybridized carbons (Fsp3) is 0.478. The molecule has 0 aliphatic carbocycles. The maximum absolute atomic E-state index is 10.7. The molecule has 2 N–H and O–H groups in total. The van der Waals surface area contributed by atoms with Crippen molar-refractivity contribution >= 4 is 0 Å². The van der Waals surface area contributed by atoms with E-state index in [1.807, 2.05) is 42.5 Å². The second kappa shape index (κ2) is 8.22. The van der Waals surface area contributed by atoms with Gasteiger partial charge >= 0.3 is 0 Å². The number of hydrogen-bond acceptors (Lipinski definition) is 6. The number of nitrogens with zero attached hydrogens (tertiary/aromatic N) is 1. The number of fused-ring (bicyclic) bond motifs is 1. The van der Waals surface area contributed by atoms with Crippen molar-refractivity contribution in [1.29, 1.82) is 0 Å². The van der Waals surface area contributed by atoms with Crippen LogP contribution >= 0.6 is 0 Å². The van der Waals surface area contributed by atoms with E-state index in [2.05, 4.69) is 4.90 Å². The third-order valence-electron chi connectivity index (χ3n) is 6.16. The van der Waals surface area contributed by atoms with Crippen molar-refractivity contribution in [1.82, 2.24) is 4.90 Å². The zero-order chi connectivity index (χ0) is 20.4. The molecule has 2 aromatic rings. The van der Waals surface area contributed by atoms with Gasteiger partial charge in [0, 0.05) is 31.6 Å². The van der Waals surface area contributed by atoms with E-state index in [1.165, 1.54) is 0 Å². The lowest BCUT2D eigenvalue weighted by molar-refractivity contribution is -0.0587. The third-order valence-corrected chi connectivity index (χ3v) is 6.16. The fourth-order valence-electron chi connectivity index (χ4n) is 4.45. The Morgan fingerprint density at radius 2 is 1.83 bits per heavy atom. The number of para-hydroxylation sites is 1. The van der Waals surface area contributed by atoms with E-state index in [0.29, 0.717) is 24.5 Å². The molecule has 2 atom stereocenters. The Hall–Kier alpha value is -2.28. The Morgan fingerprint density at radius 3 is 2.55 bits per heavy atom. The van der Waals surface area contributed by atoms with Gasteiger partial charge in [-0.1, -0.05) is 24.3 Å². The number of hydrogen-bond donors (Lipinski definition) is 2. The molecule has 2 aliphatic heterocycles. The standard InChI is InChI=1S/C23H29NO5/c1-27-21-8-7-16(13-22(21)28-2)19(26)15-24-11-9-23(10-12-24)14-18(25)17-5-3-4-6-20(17)29-23/h3-8,13,18-19,25-26H,9-12,14-15H2,1-2H3/t18-,19+/m0/s1. The monoisotopic (exact) mass is 399 g/mol. The summed E-state index contributed by atoms with van der Waals surface area (Å²) in [6.45, 7) is 2.18. The summed E-state index contributed by atoms with van der Waals surface area (Å²) in [6, 6.07) is 13.3. The number of benzene rings is 2. The lowest BCUT2D eigenvalue weighted by Crippen LogP contribution is -2.51. The number of rotatable bonds is 5. The van der Waals surface area contributed by atoms with Crippen LogP contribution in [0.15, 0.2) is 42.5 Å². The van der Waals surface area contributed by atoms with Crippen LogP contribution in [0.5, 0.6) is 17.2 Å². The molecule has 0 bridgehead atoms. The first-order valence-corrected chi connectivity index (χ1v) is 10.1. The van der Waals surface area contributed by atoms with Gasteiger partial charge in [-0.05, 0) is 36.6 Å². The Morgan fingerprint density at radius 1 is 1.10 bits per heavy atom. The van der Waals surface area contributed by atoms with E-state index < -0.39 is 12.2 Å². The van der Waals surface area contributed by atoms with E-state index in [0.717, 1.165) is 42.8 Å². The molecule has 2 aromatic carbocycles. The smallest absolute Gasteiger partial charge is 0.161 e. The van der Waals surface area contributed by atoms with Crippen molar-refractivity contribution in [3.63, 3.8) is 0 Å². The van der Waals surface area contributed by atoms with Gasteiger partial charge in [-0.3, -0.25) is 0 Å². The predicted octanol–water partition coefficient (Wildman–Crippen LogP) is 3.09. The lowest BCUT2D eigenvalue weighted by Gasteiger charge is -2.46. The number of aliphatic hydroxyl groups is 2. The third kappa shape index (κ3) is 4.06. The van der Waals surface area contributed by atoms with Crippen molar-refractivity contribution in [2.24, 2.45) is 0 Å². The number of β-amino-alcohol motifs (C(OH)–C–C–N with tert-alkyl or cyclic N) is 1. The molecule has 2 aliphatic rings. The second-order valence-corrected chi connectivity index (χ2v) is 7.97. The molecule has 0 radical (unpaired) electrons. The first-order valence-electron chi connectivity index (χ1n) is 10.1. The Bertz CT molecular complexity index is 847. The summed E-state index contributed by atoms with van der Waals surface area (Å²) < 4.78 is 17.0. The minimum absolute atomic E-state index is 0.321. The molecule has 156 valence electrons. The highest BCUT2D eigenvalue weighted by Gasteiger charge is 2.42. The van der Waals surface area contributed by atoms with E-state index in [9.17, 15) is 10.2 Å². The zero-order valence-electron chi connectivity index (χ0n) is 17.0. The Kier molecular flexibility index (Phi) is 5.67. The normalized spacial score (nSPS) is 21.9. The summed E-state index contributed by atoms with van der Waals surface area (Å²) in [7, 11) is 3.19. The van der Waals surface area contributed by atoms with E-state index >= 15 is 0 Å². The zero-order valence-corrected chi connectivity index (χ0v) is 17.0. The molecule has 4 rings (SSSR count). The van der Waals surface area contributed by atoms with E-state index in [4.69, 9.17) is 14.2 Å². The van der Waals surface area contributed by atoms with Crippen LogP contribution in [-0.2, 0) is 0 Å². The van der Waals surface area contributed by atoms with Crippen LogP contribution < -0.4 is 14.2 Å². The van der Waals surface area contributed by atoms with Gasteiger partial charge < -0.3 is 29.3 Å². The highest BCUT2D eigenvalue weighted by atomic mass is 16.5. The van der Waals surface area contributed by atoms with Gasteiger partial charge in [0.2, 0.25) is 0 Å². The molecule has 29 heavy (non-hydrogen) atoms. The van der Waals surface area contributed by atoms with Gasteiger partial charge in [-0.15, -0.1) is 0 Å².